The lowest BCUT2D eigenvalue weighted by molar-refractivity contribution is 0.703. The van der Waals surface area contributed by atoms with Crippen molar-refractivity contribution in [3.8, 4) is 6.07 Å². The van der Waals surface area contributed by atoms with Gasteiger partial charge >= 0.3 is 0 Å². The van der Waals surface area contributed by atoms with Crippen LogP contribution in [0.15, 0.2) is 24.3 Å². The van der Waals surface area contributed by atoms with Crippen molar-refractivity contribution in [1.29, 1.82) is 5.26 Å². The van der Waals surface area contributed by atoms with E-state index in [2.05, 4.69) is 31.7 Å². The Morgan fingerprint density at radius 1 is 1.36 bits per heavy atom. The lowest BCUT2D eigenvalue weighted by Gasteiger charge is -2.28. The molecule has 14 heavy (non-hydrogen) atoms. The minimum Gasteiger partial charge on any atom is -0.368 e. The number of hydrogen-bond donors (Lipinski definition) is 0. The summed E-state index contributed by atoms with van der Waals surface area (Å²) >= 11 is 0. The summed E-state index contributed by atoms with van der Waals surface area (Å²) in [5, 5.41) is 8.97. The minimum atomic E-state index is 0.425. The molecule has 0 unspecified atom stereocenters. The zero-order valence-electron chi connectivity index (χ0n) is 8.99. The van der Waals surface area contributed by atoms with Crippen LogP contribution in [-0.2, 0) is 0 Å². The molecule has 2 heteroatoms. The number of anilines is 1. The topological polar surface area (TPSA) is 27.0 Å². The Balaban J connectivity index is 3.10. The standard InChI is InChI=1S/C12H16N2/c1-4-14(10(2)3)12-8-6-5-7-11(12)9-13/h5-8,10H,4H2,1-3H3. The molecule has 0 aliphatic carbocycles. The Bertz CT molecular complexity index is 336. The van der Waals surface area contributed by atoms with Gasteiger partial charge in [0, 0.05) is 12.6 Å². The van der Waals surface area contributed by atoms with E-state index in [-0.39, 0.29) is 0 Å². The van der Waals surface area contributed by atoms with Crippen LogP contribution in [0, 0.1) is 11.3 Å². The molecular weight excluding hydrogens is 172 g/mol. The van der Waals surface area contributed by atoms with Crippen molar-refractivity contribution in [1.82, 2.24) is 0 Å². The highest BCUT2D eigenvalue weighted by Crippen LogP contribution is 2.21. The molecule has 0 amide bonds. The van der Waals surface area contributed by atoms with Gasteiger partial charge in [0.1, 0.15) is 6.07 Å². The highest BCUT2D eigenvalue weighted by Gasteiger charge is 2.11. The van der Waals surface area contributed by atoms with Crippen molar-refractivity contribution in [3.05, 3.63) is 29.8 Å². The molecule has 2 nitrogen and oxygen atoms in total. The van der Waals surface area contributed by atoms with Crippen molar-refractivity contribution in [3.63, 3.8) is 0 Å². The molecular formula is C12H16N2. The second-order valence-electron chi connectivity index (χ2n) is 3.51. The van der Waals surface area contributed by atoms with Gasteiger partial charge in [-0.25, -0.2) is 0 Å². The fraction of sp³-hybridized carbons (Fsp3) is 0.417. The van der Waals surface area contributed by atoms with Crippen LogP contribution in [0.2, 0.25) is 0 Å². The van der Waals surface area contributed by atoms with Crippen LogP contribution < -0.4 is 4.90 Å². The van der Waals surface area contributed by atoms with Crippen LogP contribution in [0.25, 0.3) is 0 Å². The Morgan fingerprint density at radius 3 is 2.50 bits per heavy atom. The first-order valence-electron chi connectivity index (χ1n) is 4.96. The smallest absolute Gasteiger partial charge is 0.101 e. The summed E-state index contributed by atoms with van der Waals surface area (Å²) in [5.41, 5.74) is 1.79. The van der Waals surface area contributed by atoms with E-state index in [1.807, 2.05) is 24.3 Å². The van der Waals surface area contributed by atoms with Gasteiger partial charge in [-0.1, -0.05) is 12.1 Å². The van der Waals surface area contributed by atoms with Gasteiger partial charge in [0.05, 0.1) is 11.3 Å². The van der Waals surface area contributed by atoms with E-state index in [1.54, 1.807) is 0 Å². The average Bonchev–Trinajstić information content (AvgIpc) is 2.19. The molecule has 0 atom stereocenters. The molecule has 0 N–H and O–H groups in total. The lowest BCUT2D eigenvalue weighted by Crippen LogP contribution is -2.30. The Hall–Kier alpha value is -1.49. The maximum atomic E-state index is 8.97. The van der Waals surface area contributed by atoms with Gasteiger partial charge in [-0.3, -0.25) is 0 Å². The normalized spacial score (nSPS) is 9.93. The molecule has 0 saturated carbocycles. The fourth-order valence-electron chi connectivity index (χ4n) is 1.63. The molecule has 1 aromatic rings. The molecule has 0 saturated heterocycles. The van der Waals surface area contributed by atoms with Crippen molar-refractivity contribution in [2.45, 2.75) is 26.8 Å². The van der Waals surface area contributed by atoms with Gasteiger partial charge < -0.3 is 4.90 Å². The van der Waals surface area contributed by atoms with Crippen LogP contribution in [0.1, 0.15) is 26.3 Å². The van der Waals surface area contributed by atoms with Crippen LogP contribution >= 0.6 is 0 Å². The van der Waals surface area contributed by atoms with Crippen LogP contribution in [0.3, 0.4) is 0 Å². The summed E-state index contributed by atoms with van der Waals surface area (Å²) in [7, 11) is 0. The first kappa shape index (κ1) is 10.6. The van der Waals surface area contributed by atoms with Crippen LogP contribution in [0.5, 0.6) is 0 Å². The first-order valence-corrected chi connectivity index (χ1v) is 4.96. The highest BCUT2D eigenvalue weighted by molar-refractivity contribution is 5.59. The van der Waals surface area contributed by atoms with E-state index in [1.165, 1.54) is 0 Å². The molecule has 74 valence electrons. The predicted octanol–water partition coefficient (Wildman–Crippen LogP) is 2.79. The number of hydrogen-bond acceptors (Lipinski definition) is 2. The average molecular weight is 188 g/mol. The van der Waals surface area contributed by atoms with Gasteiger partial charge in [-0.05, 0) is 32.9 Å². The molecule has 0 fully saturated rings. The largest absolute Gasteiger partial charge is 0.368 e. The van der Waals surface area contributed by atoms with Gasteiger partial charge in [0.25, 0.3) is 0 Å². The zero-order chi connectivity index (χ0) is 10.6. The van der Waals surface area contributed by atoms with E-state index < -0.39 is 0 Å². The molecule has 0 spiro atoms. The third-order valence-electron chi connectivity index (χ3n) is 2.30. The van der Waals surface area contributed by atoms with E-state index in [4.69, 9.17) is 5.26 Å². The third kappa shape index (κ3) is 2.05. The molecule has 0 aliphatic heterocycles. The molecule has 1 aromatic carbocycles. The Kier molecular flexibility index (Phi) is 3.53. The van der Waals surface area contributed by atoms with Gasteiger partial charge in [-0.2, -0.15) is 5.26 Å². The Labute approximate surface area is 85.8 Å². The van der Waals surface area contributed by atoms with Crippen LogP contribution in [0.4, 0.5) is 5.69 Å². The van der Waals surface area contributed by atoms with Crippen molar-refractivity contribution in [2.75, 3.05) is 11.4 Å². The molecule has 1 rings (SSSR count). The third-order valence-corrected chi connectivity index (χ3v) is 2.30. The van der Waals surface area contributed by atoms with E-state index >= 15 is 0 Å². The summed E-state index contributed by atoms with van der Waals surface area (Å²) in [6.45, 7) is 7.31. The molecule has 0 aliphatic rings. The van der Waals surface area contributed by atoms with Crippen molar-refractivity contribution < 1.29 is 0 Å². The number of rotatable bonds is 3. The van der Waals surface area contributed by atoms with Gasteiger partial charge in [-0.15, -0.1) is 0 Å². The SMILES string of the molecule is CCN(c1ccccc1C#N)C(C)C. The number of nitrogens with zero attached hydrogens (tertiary/aromatic N) is 2. The maximum Gasteiger partial charge on any atom is 0.101 e. The second-order valence-corrected chi connectivity index (χ2v) is 3.51. The van der Waals surface area contributed by atoms with Crippen molar-refractivity contribution in [2.24, 2.45) is 0 Å². The minimum absolute atomic E-state index is 0.425. The zero-order valence-corrected chi connectivity index (χ0v) is 8.99. The maximum absolute atomic E-state index is 8.97. The summed E-state index contributed by atoms with van der Waals surface area (Å²) in [5.74, 6) is 0. The Morgan fingerprint density at radius 2 is 2.00 bits per heavy atom. The summed E-state index contributed by atoms with van der Waals surface area (Å²) in [6.07, 6.45) is 0. The first-order chi connectivity index (χ1) is 6.70. The quantitative estimate of drug-likeness (QED) is 0.729. The van der Waals surface area contributed by atoms with Crippen LogP contribution in [-0.4, -0.2) is 12.6 Å². The molecule has 0 aromatic heterocycles. The van der Waals surface area contributed by atoms with E-state index in [0.29, 0.717) is 6.04 Å². The monoisotopic (exact) mass is 188 g/mol. The van der Waals surface area contributed by atoms with Gasteiger partial charge in [0.2, 0.25) is 0 Å². The number of para-hydroxylation sites is 1. The van der Waals surface area contributed by atoms with E-state index in [9.17, 15) is 0 Å². The van der Waals surface area contributed by atoms with Crippen molar-refractivity contribution >= 4 is 5.69 Å². The predicted molar refractivity (Wildman–Crippen MR) is 59.3 cm³/mol. The highest BCUT2D eigenvalue weighted by atomic mass is 15.1. The summed E-state index contributed by atoms with van der Waals surface area (Å²) in [4.78, 5) is 2.22. The summed E-state index contributed by atoms with van der Waals surface area (Å²) in [6, 6.07) is 10.4. The summed E-state index contributed by atoms with van der Waals surface area (Å²) < 4.78 is 0. The molecule has 0 bridgehead atoms. The molecule has 0 heterocycles. The molecule has 0 radical (unpaired) electrons. The number of benzene rings is 1. The fourth-order valence-corrected chi connectivity index (χ4v) is 1.63. The second kappa shape index (κ2) is 4.66. The van der Waals surface area contributed by atoms with E-state index in [0.717, 1.165) is 17.8 Å². The number of nitriles is 1. The van der Waals surface area contributed by atoms with Gasteiger partial charge in [0.15, 0.2) is 0 Å². The lowest BCUT2D eigenvalue weighted by atomic mass is 10.1.